The van der Waals surface area contributed by atoms with Crippen LogP contribution in [0.1, 0.15) is 50.0 Å². The Bertz CT molecular complexity index is 432. The van der Waals surface area contributed by atoms with Gasteiger partial charge < -0.3 is 18.9 Å². The van der Waals surface area contributed by atoms with Gasteiger partial charge in [0.05, 0.1) is 26.4 Å². The van der Waals surface area contributed by atoms with Crippen molar-refractivity contribution in [3.63, 3.8) is 0 Å². The molecule has 0 unspecified atom stereocenters. The molecule has 2 aliphatic rings. The van der Waals surface area contributed by atoms with Gasteiger partial charge in [-0.05, 0) is 17.0 Å². The Balaban J connectivity index is 1.98. The van der Waals surface area contributed by atoms with Gasteiger partial charge in [-0.15, -0.1) is 0 Å². The molecule has 0 saturated carbocycles. The molecule has 2 fully saturated rings. The third-order valence-corrected chi connectivity index (χ3v) is 3.63. The third kappa shape index (κ3) is 2.88. The van der Waals surface area contributed by atoms with Gasteiger partial charge in [-0.2, -0.15) is 0 Å². The fourth-order valence-corrected chi connectivity index (χ4v) is 2.48. The van der Waals surface area contributed by atoms with E-state index in [0.717, 1.165) is 11.1 Å². The average molecular weight is 278 g/mol. The van der Waals surface area contributed by atoms with E-state index in [1.54, 1.807) is 0 Å². The number of ether oxygens (including phenoxy) is 4. The van der Waals surface area contributed by atoms with E-state index in [4.69, 9.17) is 18.9 Å². The van der Waals surface area contributed by atoms with Crippen LogP contribution >= 0.6 is 0 Å². The van der Waals surface area contributed by atoms with E-state index in [9.17, 15) is 0 Å². The molecule has 4 heteroatoms. The SMILES string of the molecule is CC(C)(C)c1cc(C2OCCO2)cc(C2OCCO2)c1. The Hall–Kier alpha value is -0.940. The first-order chi connectivity index (χ1) is 9.54. The van der Waals surface area contributed by atoms with E-state index >= 15 is 0 Å². The fourth-order valence-electron chi connectivity index (χ4n) is 2.48. The molecule has 2 saturated heterocycles. The van der Waals surface area contributed by atoms with Crippen LogP contribution in [0.2, 0.25) is 0 Å². The van der Waals surface area contributed by atoms with Crippen molar-refractivity contribution in [1.29, 1.82) is 0 Å². The molecule has 0 spiro atoms. The van der Waals surface area contributed by atoms with Crippen LogP contribution in [0.4, 0.5) is 0 Å². The van der Waals surface area contributed by atoms with Gasteiger partial charge in [0.15, 0.2) is 12.6 Å². The lowest BCUT2D eigenvalue weighted by atomic mass is 9.85. The summed E-state index contributed by atoms with van der Waals surface area (Å²) in [7, 11) is 0. The van der Waals surface area contributed by atoms with Crippen LogP contribution in [0.15, 0.2) is 18.2 Å². The van der Waals surface area contributed by atoms with E-state index in [0.29, 0.717) is 26.4 Å². The van der Waals surface area contributed by atoms with Crippen LogP contribution in [-0.4, -0.2) is 26.4 Å². The molecule has 0 N–H and O–H groups in total. The number of hydrogen-bond acceptors (Lipinski definition) is 4. The second-order valence-electron chi connectivity index (χ2n) is 6.29. The zero-order valence-electron chi connectivity index (χ0n) is 12.3. The summed E-state index contributed by atoms with van der Waals surface area (Å²) in [6, 6.07) is 6.39. The molecule has 1 aromatic carbocycles. The molecule has 2 aliphatic heterocycles. The Morgan fingerprint density at radius 2 is 1.15 bits per heavy atom. The van der Waals surface area contributed by atoms with Crippen LogP contribution in [0.25, 0.3) is 0 Å². The molecule has 2 heterocycles. The van der Waals surface area contributed by atoms with Crippen molar-refractivity contribution >= 4 is 0 Å². The van der Waals surface area contributed by atoms with Crippen LogP contribution in [0.3, 0.4) is 0 Å². The van der Waals surface area contributed by atoms with Crippen molar-refractivity contribution in [1.82, 2.24) is 0 Å². The Morgan fingerprint density at radius 1 is 0.750 bits per heavy atom. The highest BCUT2D eigenvalue weighted by Gasteiger charge is 2.26. The molecular weight excluding hydrogens is 256 g/mol. The lowest BCUT2D eigenvalue weighted by Gasteiger charge is -2.23. The first-order valence-electron chi connectivity index (χ1n) is 7.16. The second-order valence-corrected chi connectivity index (χ2v) is 6.29. The zero-order valence-corrected chi connectivity index (χ0v) is 12.3. The molecule has 4 nitrogen and oxygen atoms in total. The number of benzene rings is 1. The minimum Gasteiger partial charge on any atom is -0.346 e. The van der Waals surface area contributed by atoms with Crippen LogP contribution in [0, 0.1) is 0 Å². The van der Waals surface area contributed by atoms with Gasteiger partial charge >= 0.3 is 0 Å². The molecule has 20 heavy (non-hydrogen) atoms. The summed E-state index contributed by atoms with van der Waals surface area (Å²) in [5, 5.41) is 0. The van der Waals surface area contributed by atoms with E-state index in [-0.39, 0.29) is 18.0 Å². The standard InChI is InChI=1S/C16H22O4/c1-16(2,3)13-9-11(14-17-4-5-18-14)8-12(10-13)15-19-6-7-20-15/h8-10,14-15H,4-7H2,1-3H3. The van der Waals surface area contributed by atoms with Gasteiger partial charge in [0.25, 0.3) is 0 Å². The van der Waals surface area contributed by atoms with Gasteiger partial charge in [-0.25, -0.2) is 0 Å². The van der Waals surface area contributed by atoms with Gasteiger partial charge in [-0.1, -0.05) is 32.9 Å². The molecule has 0 bridgehead atoms. The topological polar surface area (TPSA) is 36.9 Å². The monoisotopic (exact) mass is 278 g/mol. The Labute approximate surface area is 120 Å². The summed E-state index contributed by atoms with van der Waals surface area (Å²) in [5.74, 6) is 0. The molecule has 1 aromatic rings. The highest BCUT2D eigenvalue weighted by Crippen LogP contribution is 2.34. The van der Waals surface area contributed by atoms with Gasteiger partial charge in [0.1, 0.15) is 0 Å². The molecule has 0 aliphatic carbocycles. The molecular formula is C16H22O4. The predicted molar refractivity (Wildman–Crippen MR) is 74.4 cm³/mol. The Morgan fingerprint density at radius 3 is 1.50 bits per heavy atom. The van der Waals surface area contributed by atoms with E-state index in [2.05, 4.69) is 39.0 Å². The summed E-state index contributed by atoms with van der Waals surface area (Å²) in [6.07, 6.45) is -0.532. The van der Waals surface area contributed by atoms with E-state index in [1.807, 2.05) is 0 Å². The van der Waals surface area contributed by atoms with Crippen molar-refractivity contribution in [3.05, 3.63) is 34.9 Å². The van der Waals surface area contributed by atoms with Crippen molar-refractivity contribution < 1.29 is 18.9 Å². The van der Waals surface area contributed by atoms with Crippen molar-refractivity contribution in [3.8, 4) is 0 Å². The molecule has 0 radical (unpaired) electrons. The first kappa shape index (κ1) is 14.0. The molecule has 0 amide bonds. The summed E-state index contributed by atoms with van der Waals surface area (Å²) in [4.78, 5) is 0. The van der Waals surface area contributed by atoms with Gasteiger partial charge in [0, 0.05) is 11.1 Å². The number of hydrogen-bond donors (Lipinski definition) is 0. The summed E-state index contributed by atoms with van der Waals surface area (Å²) >= 11 is 0. The zero-order chi connectivity index (χ0) is 14.2. The van der Waals surface area contributed by atoms with Crippen molar-refractivity contribution in [2.45, 2.75) is 38.8 Å². The number of rotatable bonds is 2. The minimum absolute atomic E-state index is 0.0575. The largest absolute Gasteiger partial charge is 0.346 e. The quantitative estimate of drug-likeness (QED) is 0.833. The van der Waals surface area contributed by atoms with Crippen molar-refractivity contribution in [2.75, 3.05) is 26.4 Å². The molecule has 110 valence electrons. The van der Waals surface area contributed by atoms with E-state index < -0.39 is 0 Å². The van der Waals surface area contributed by atoms with E-state index in [1.165, 1.54) is 5.56 Å². The normalized spacial score (nSPS) is 21.8. The van der Waals surface area contributed by atoms with Gasteiger partial charge in [0.2, 0.25) is 0 Å². The third-order valence-electron chi connectivity index (χ3n) is 3.63. The summed E-state index contributed by atoms with van der Waals surface area (Å²) in [6.45, 7) is 9.19. The smallest absolute Gasteiger partial charge is 0.184 e. The maximum Gasteiger partial charge on any atom is 0.184 e. The van der Waals surface area contributed by atoms with Crippen LogP contribution < -0.4 is 0 Å². The minimum atomic E-state index is -0.266. The second kappa shape index (κ2) is 5.45. The maximum atomic E-state index is 5.62. The average Bonchev–Trinajstić information content (AvgIpc) is 3.10. The fraction of sp³-hybridized carbons (Fsp3) is 0.625. The summed E-state index contributed by atoms with van der Waals surface area (Å²) < 4.78 is 22.5. The predicted octanol–water partition coefficient (Wildman–Crippen LogP) is 3.07. The Kier molecular flexibility index (Phi) is 3.82. The highest BCUT2D eigenvalue weighted by molar-refractivity contribution is 5.35. The first-order valence-corrected chi connectivity index (χ1v) is 7.16. The van der Waals surface area contributed by atoms with Crippen LogP contribution in [-0.2, 0) is 24.4 Å². The molecule has 3 rings (SSSR count). The van der Waals surface area contributed by atoms with Crippen LogP contribution in [0.5, 0.6) is 0 Å². The lowest BCUT2D eigenvalue weighted by molar-refractivity contribution is -0.0493. The van der Waals surface area contributed by atoms with Gasteiger partial charge in [-0.3, -0.25) is 0 Å². The molecule has 0 atom stereocenters. The highest BCUT2D eigenvalue weighted by atomic mass is 16.7. The summed E-state index contributed by atoms with van der Waals surface area (Å²) in [5.41, 5.74) is 3.39. The lowest BCUT2D eigenvalue weighted by Crippen LogP contribution is -2.14. The molecule has 0 aromatic heterocycles. The van der Waals surface area contributed by atoms with Crippen molar-refractivity contribution in [2.24, 2.45) is 0 Å². The maximum absolute atomic E-state index is 5.62.